The third kappa shape index (κ3) is 39.0. The van der Waals surface area contributed by atoms with Gasteiger partial charge in [0.2, 0.25) is 0 Å². The van der Waals surface area contributed by atoms with Gasteiger partial charge in [-0.3, -0.25) is 18.6 Å². The molecule has 10 nitrogen and oxygen atoms in total. The summed E-state index contributed by atoms with van der Waals surface area (Å²) in [6.07, 6.45) is 42.8. The minimum absolute atomic E-state index is 0.181. The molecule has 0 aromatic rings. The number of ether oxygens (including phenoxy) is 2. The molecule has 0 heterocycles. The van der Waals surface area contributed by atoms with Crippen LogP contribution >= 0.6 is 7.82 Å². The Kier molecular flexibility index (Phi) is 40.0. The van der Waals surface area contributed by atoms with Gasteiger partial charge in [0.1, 0.15) is 12.2 Å². The monoisotopic (exact) mass is 815 g/mol. The average molecular weight is 815 g/mol. The second-order valence-corrected chi connectivity index (χ2v) is 16.5. The normalized spacial score (nSPS) is 14.2. The molecule has 0 aliphatic rings. The van der Waals surface area contributed by atoms with E-state index in [-0.39, 0.29) is 12.8 Å². The number of esters is 2. The number of phosphoric ester groups is 1. The standard InChI is InChI=1S/C45H83O10P/c1-3-5-7-9-11-13-15-16-17-18-19-20-21-22-23-24-25-26-27-29-31-33-35-37-45(49)55-43(39-47)41-53-56(50,51)52-40-42(38-46)54-44(48)36-34-32-30-28-14-12-10-8-6-4-2/h8,10,15-16,18-19,42-43,46-47H,3-7,9,11-14,17,20-41H2,1-2H3,(H,50,51)/b10-8-,16-15-,19-18-. The van der Waals surface area contributed by atoms with Crippen LogP contribution in [-0.4, -0.2) is 65.7 Å². The van der Waals surface area contributed by atoms with E-state index >= 15 is 0 Å². The van der Waals surface area contributed by atoms with Crippen molar-refractivity contribution in [3.8, 4) is 0 Å². The highest BCUT2D eigenvalue weighted by atomic mass is 31.2. The van der Waals surface area contributed by atoms with Crippen LogP contribution in [0.1, 0.15) is 200 Å². The second kappa shape index (κ2) is 41.4. The smallest absolute Gasteiger partial charge is 0.457 e. The molecule has 0 aromatic carbocycles. The lowest BCUT2D eigenvalue weighted by atomic mass is 10.0. The Morgan fingerprint density at radius 1 is 0.482 bits per heavy atom. The van der Waals surface area contributed by atoms with Crippen molar-refractivity contribution in [3.63, 3.8) is 0 Å². The molecule has 0 saturated heterocycles. The predicted molar refractivity (Wildman–Crippen MR) is 228 cm³/mol. The molecule has 11 heteroatoms. The molecule has 0 spiro atoms. The molecule has 0 rings (SSSR count). The fourth-order valence-electron chi connectivity index (χ4n) is 6.09. The zero-order valence-corrected chi connectivity index (χ0v) is 36.5. The molecule has 0 bridgehead atoms. The Morgan fingerprint density at radius 2 is 0.821 bits per heavy atom. The summed E-state index contributed by atoms with van der Waals surface area (Å²) in [6, 6.07) is 0. The van der Waals surface area contributed by atoms with Crippen LogP contribution in [0, 0.1) is 0 Å². The van der Waals surface area contributed by atoms with Gasteiger partial charge < -0.3 is 24.6 Å². The first-order valence-corrected chi connectivity index (χ1v) is 23.9. The number of rotatable bonds is 42. The van der Waals surface area contributed by atoms with Crippen molar-refractivity contribution in [2.24, 2.45) is 0 Å². The molecular formula is C45H83O10P. The van der Waals surface area contributed by atoms with Crippen molar-refractivity contribution in [1.82, 2.24) is 0 Å². The van der Waals surface area contributed by atoms with Crippen LogP contribution in [0.25, 0.3) is 0 Å². The van der Waals surface area contributed by atoms with E-state index in [9.17, 15) is 29.3 Å². The Labute approximate surface area is 341 Å². The van der Waals surface area contributed by atoms with Gasteiger partial charge in [-0.15, -0.1) is 0 Å². The first-order chi connectivity index (χ1) is 27.3. The fraction of sp³-hybridized carbons (Fsp3) is 0.822. The van der Waals surface area contributed by atoms with Crippen molar-refractivity contribution in [2.45, 2.75) is 212 Å². The SMILES string of the molecule is CCC/C=C\CCCCCCCC(=O)OC(CO)COP(=O)(O)OCC(CO)OC(=O)CCCCCCCCCCCCC/C=C\C/C=C\CCCCCCC. The van der Waals surface area contributed by atoms with Crippen LogP contribution in [0.4, 0.5) is 0 Å². The summed E-state index contributed by atoms with van der Waals surface area (Å²) in [7, 11) is -4.63. The number of hydrogen-bond donors (Lipinski definition) is 3. The van der Waals surface area contributed by atoms with Gasteiger partial charge in [0.15, 0.2) is 0 Å². The van der Waals surface area contributed by atoms with Gasteiger partial charge in [-0.05, 0) is 64.2 Å². The van der Waals surface area contributed by atoms with Crippen molar-refractivity contribution in [1.29, 1.82) is 0 Å². The van der Waals surface area contributed by atoms with E-state index in [1.807, 2.05) is 0 Å². The molecule has 0 aliphatic carbocycles. The van der Waals surface area contributed by atoms with Crippen molar-refractivity contribution >= 4 is 19.8 Å². The van der Waals surface area contributed by atoms with E-state index < -0.39 is 58.4 Å². The van der Waals surface area contributed by atoms with Crippen LogP contribution in [0.15, 0.2) is 36.5 Å². The van der Waals surface area contributed by atoms with Gasteiger partial charge in [-0.2, -0.15) is 0 Å². The highest BCUT2D eigenvalue weighted by Crippen LogP contribution is 2.43. The molecule has 0 radical (unpaired) electrons. The van der Waals surface area contributed by atoms with Crippen LogP contribution in [-0.2, 0) is 32.7 Å². The first-order valence-electron chi connectivity index (χ1n) is 22.4. The number of carbonyl (C=O) groups is 2. The molecule has 3 atom stereocenters. The average Bonchev–Trinajstić information content (AvgIpc) is 3.19. The van der Waals surface area contributed by atoms with Gasteiger partial charge in [0.05, 0.1) is 26.4 Å². The summed E-state index contributed by atoms with van der Waals surface area (Å²) >= 11 is 0. The fourth-order valence-corrected chi connectivity index (χ4v) is 6.87. The number of allylic oxidation sites excluding steroid dienone is 6. The zero-order chi connectivity index (χ0) is 41.2. The van der Waals surface area contributed by atoms with Gasteiger partial charge >= 0.3 is 19.8 Å². The van der Waals surface area contributed by atoms with Crippen molar-refractivity contribution in [3.05, 3.63) is 36.5 Å². The van der Waals surface area contributed by atoms with E-state index in [1.54, 1.807) is 0 Å². The van der Waals surface area contributed by atoms with Crippen molar-refractivity contribution < 1.29 is 47.8 Å². The molecule has 0 aromatic heterocycles. The minimum Gasteiger partial charge on any atom is -0.457 e. The van der Waals surface area contributed by atoms with Crippen LogP contribution in [0.5, 0.6) is 0 Å². The van der Waals surface area contributed by atoms with Gasteiger partial charge in [0.25, 0.3) is 0 Å². The van der Waals surface area contributed by atoms with Gasteiger partial charge in [-0.25, -0.2) is 4.57 Å². The summed E-state index contributed by atoms with van der Waals surface area (Å²) in [4.78, 5) is 34.4. The molecule has 0 amide bonds. The molecule has 0 saturated carbocycles. The maximum atomic E-state index is 12.3. The van der Waals surface area contributed by atoms with E-state index in [4.69, 9.17) is 18.5 Å². The lowest BCUT2D eigenvalue weighted by Gasteiger charge is -2.20. The quantitative estimate of drug-likeness (QED) is 0.0235. The summed E-state index contributed by atoms with van der Waals surface area (Å²) in [5.74, 6) is -1.03. The third-order valence-electron chi connectivity index (χ3n) is 9.56. The number of carbonyl (C=O) groups excluding carboxylic acids is 2. The first kappa shape index (κ1) is 54.2. The topological polar surface area (TPSA) is 149 Å². The molecule has 0 aliphatic heterocycles. The van der Waals surface area contributed by atoms with E-state index in [0.717, 1.165) is 70.6 Å². The van der Waals surface area contributed by atoms with E-state index in [2.05, 4.69) is 50.3 Å². The van der Waals surface area contributed by atoms with Crippen LogP contribution in [0.2, 0.25) is 0 Å². The predicted octanol–water partition coefficient (Wildman–Crippen LogP) is 11.9. The molecule has 0 fully saturated rings. The second-order valence-electron chi connectivity index (χ2n) is 15.0. The largest absolute Gasteiger partial charge is 0.472 e. The maximum absolute atomic E-state index is 12.3. The Bertz CT molecular complexity index is 1030. The molecule has 3 N–H and O–H groups in total. The van der Waals surface area contributed by atoms with Crippen LogP contribution in [0.3, 0.4) is 0 Å². The number of unbranched alkanes of at least 4 members (excludes halogenated alkanes) is 22. The number of aliphatic hydroxyl groups is 2. The molecular weight excluding hydrogens is 731 g/mol. The number of phosphoric acid groups is 1. The minimum atomic E-state index is -4.63. The van der Waals surface area contributed by atoms with E-state index in [0.29, 0.717) is 12.8 Å². The third-order valence-corrected chi connectivity index (χ3v) is 10.5. The lowest BCUT2D eigenvalue weighted by Crippen LogP contribution is -2.28. The Morgan fingerprint density at radius 3 is 1.20 bits per heavy atom. The summed E-state index contributed by atoms with van der Waals surface area (Å²) in [5, 5.41) is 19.1. The number of aliphatic hydroxyl groups excluding tert-OH is 2. The molecule has 328 valence electrons. The van der Waals surface area contributed by atoms with Crippen molar-refractivity contribution in [2.75, 3.05) is 26.4 Å². The number of hydrogen-bond acceptors (Lipinski definition) is 9. The lowest BCUT2D eigenvalue weighted by molar-refractivity contribution is -0.153. The zero-order valence-electron chi connectivity index (χ0n) is 35.6. The highest BCUT2D eigenvalue weighted by Gasteiger charge is 2.27. The van der Waals surface area contributed by atoms with Gasteiger partial charge in [0, 0.05) is 12.8 Å². The molecule has 56 heavy (non-hydrogen) atoms. The summed E-state index contributed by atoms with van der Waals surface area (Å²) in [6.45, 7) is 2.12. The summed E-state index contributed by atoms with van der Waals surface area (Å²) in [5.41, 5.74) is 0. The van der Waals surface area contributed by atoms with Gasteiger partial charge in [-0.1, -0.05) is 159 Å². The summed E-state index contributed by atoms with van der Waals surface area (Å²) < 4.78 is 32.5. The Balaban J connectivity index is 3.84. The Hall–Kier alpha value is -1.81. The van der Waals surface area contributed by atoms with Crippen LogP contribution < -0.4 is 0 Å². The van der Waals surface area contributed by atoms with E-state index in [1.165, 1.54) is 89.9 Å². The maximum Gasteiger partial charge on any atom is 0.472 e. The molecule has 3 unspecified atom stereocenters. The highest BCUT2D eigenvalue weighted by molar-refractivity contribution is 7.47.